The van der Waals surface area contributed by atoms with E-state index in [2.05, 4.69) is 27.2 Å². The van der Waals surface area contributed by atoms with E-state index < -0.39 is 6.10 Å². The summed E-state index contributed by atoms with van der Waals surface area (Å²) in [5.41, 5.74) is 2.76. The van der Waals surface area contributed by atoms with Crippen molar-refractivity contribution in [1.82, 2.24) is 10.2 Å². The van der Waals surface area contributed by atoms with Gasteiger partial charge in [0.15, 0.2) is 0 Å². The van der Waals surface area contributed by atoms with Gasteiger partial charge in [-0.25, -0.2) is 0 Å². The van der Waals surface area contributed by atoms with Crippen molar-refractivity contribution >= 4 is 28.2 Å². The van der Waals surface area contributed by atoms with Crippen LogP contribution in [0, 0.1) is 0 Å². The molecule has 1 unspecified atom stereocenters. The summed E-state index contributed by atoms with van der Waals surface area (Å²) in [6, 6.07) is 13.9. The number of aliphatic hydroxyl groups is 1. The molecule has 0 aliphatic heterocycles. The van der Waals surface area contributed by atoms with Crippen molar-refractivity contribution in [3.63, 3.8) is 0 Å². The standard InChI is InChI=1S/C17H18ClN3O/c1-21(12-5-3-2-4-6-12)10-9-16(22)13-7-8-15-14(17(13)18)11-19-20-15/h2-8,11,16,22H,9-10H2,1H3,(H,19,20). The second-order valence-electron chi connectivity index (χ2n) is 5.36. The molecule has 0 saturated heterocycles. The van der Waals surface area contributed by atoms with Crippen LogP contribution in [0.4, 0.5) is 5.69 Å². The zero-order valence-corrected chi connectivity index (χ0v) is 13.1. The average Bonchev–Trinajstić information content (AvgIpc) is 3.03. The first-order valence-corrected chi connectivity index (χ1v) is 7.60. The number of aromatic nitrogens is 2. The van der Waals surface area contributed by atoms with Crippen molar-refractivity contribution in [2.45, 2.75) is 12.5 Å². The van der Waals surface area contributed by atoms with Crippen molar-refractivity contribution in [2.24, 2.45) is 0 Å². The molecule has 0 aliphatic carbocycles. The smallest absolute Gasteiger partial charge is 0.0821 e. The Morgan fingerprint density at radius 2 is 2.00 bits per heavy atom. The fourth-order valence-electron chi connectivity index (χ4n) is 2.54. The maximum Gasteiger partial charge on any atom is 0.0821 e. The summed E-state index contributed by atoms with van der Waals surface area (Å²) >= 11 is 6.38. The van der Waals surface area contributed by atoms with Gasteiger partial charge in [0.25, 0.3) is 0 Å². The molecule has 1 heterocycles. The minimum Gasteiger partial charge on any atom is -0.388 e. The molecule has 2 aromatic carbocycles. The summed E-state index contributed by atoms with van der Waals surface area (Å²) in [5, 5.41) is 18.7. The summed E-state index contributed by atoms with van der Waals surface area (Å²) in [6.45, 7) is 0.741. The third-order valence-corrected chi connectivity index (χ3v) is 4.30. The van der Waals surface area contributed by atoms with Gasteiger partial charge in [-0.1, -0.05) is 35.9 Å². The number of benzene rings is 2. The number of nitrogens with one attached hydrogen (secondary N) is 1. The quantitative estimate of drug-likeness (QED) is 0.753. The monoisotopic (exact) mass is 315 g/mol. The predicted molar refractivity (Wildman–Crippen MR) is 90.4 cm³/mol. The van der Waals surface area contributed by atoms with E-state index in [4.69, 9.17) is 11.6 Å². The number of aromatic amines is 1. The first-order valence-electron chi connectivity index (χ1n) is 7.22. The van der Waals surface area contributed by atoms with Crippen molar-refractivity contribution < 1.29 is 5.11 Å². The molecule has 22 heavy (non-hydrogen) atoms. The highest BCUT2D eigenvalue weighted by molar-refractivity contribution is 6.36. The maximum absolute atomic E-state index is 10.5. The SMILES string of the molecule is CN(CCC(O)c1ccc2[nH]ncc2c1Cl)c1ccccc1. The summed E-state index contributed by atoms with van der Waals surface area (Å²) in [5.74, 6) is 0. The van der Waals surface area contributed by atoms with Crippen LogP contribution in [0.2, 0.25) is 5.02 Å². The minimum atomic E-state index is -0.599. The molecule has 0 bridgehead atoms. The van der Waals surface area contributed by atoms with E-state index >= 15 is 0 Å². The van der Waals surface area contributed by atoms with Gasteiger partial charge in [0.2, 0.25) is 0 Å². The van der Waals surface area contributed by atoms with Crippen molar-refractivity contribution in [3.8, 4) is 0 Å². The van der Waals surface area contributed by atoms with E-state index in [1.54, 1.807) is 6.20 Å². The van der Waals surface area contributed by atoms with Crippen LogP contribution in [0.25, 0.3) is 10.9 Å². The molecule has 0 spiro atoms. The highest BCUT2D eigenvalue weighted by Crippen LogP contribution is 2.31. The summed E-state index contributed by atoms with van der Waals surface area (Å²) < 4.78 is 0. The van der Waals surface area contributed by atoms with Crippen LogP contribution >= 0.6 is 11.6 Å². The topological polar surface area (TPSA) is 52.1 Å². The van der Waals surface area contributed by atoms with E-state index in [-0.39, 0.29) is 0 Å². The molecular formula is C17H18ClN3O. The number of para-hydroxylation sites is 1. The Morgan fingerprint density at radius 1 is 1.23 bits per heavy atom. The Morgan fingerprint density at radius 3 is 2.77 bits per heavy atom. The molecule has 0 saturated carbocycles. The lowest BCUT2D eigenvalue weighted by molar-refractivity contribution is 0.170. The van der Waals surface area contributed by atoms with Crippen LogP contribution in [-0.4, -0.2) is 28.9 Å². The molecule has 1 aromatic heterocycles. The van der Waals surface area contributed by atoms with Crippen LogP contribution in [0.5, 0.6) is 0 Å². The Hall–Kier alpha value is -2.04. The molecule has 0 amide bonds. The zero-order valence-electron chi connectivity index (χ0n) is 12.3. The molecule has 0 radical (unpaired) electrons. The summed E-state index contributed by atoms with van der Waals surface area (Å²) in [4.78, 5) is 2.12. The van der Waals surface area contributed by atoms with Crippen LogP contribution in [0.3, 0.4) is 0 Å². The van der Waals surface area contributed by atoms with Crippen LogP contribution in [0.15, 0.2) is 48.7 Å². The fraction of sp³-hybridized carbons (Fsp3) is 0.235. The van der Waals surface area contributed by atoms with E-state index in [9.17, 15) is 5.11 Å². The number of fused-ring (bicyclic) bond motifs is 1. The van der Waals surface area contributed by atoms with Crippen molar-refractivity contribution in [1.29, 1.82) is 0 Å². The molecule has 4 nitrogen and oxygen atoms in total. The average molecular weight is 316 g/mol. The van der Waals surface area contributed by atoms with Gasteiger partial charge in [0.05, 0.1) is 22.8 Å². The number of rotatable bonds is 5. The zero-order chi connectivity index (χ0) is 15.5. The largest absolute Gasteiger partial charge is 0.388 e. The molecular weight excluding hydrogens is 298 g/mol. The second kappa shape index (κ2) is 6.38. The van der Waals surface area contributed by atoms with Crippen molar-refractivity contribution in [3.05, 3.63) is 59.2 Å². The second-order valence-corrected chi connectivity index (χ2v) is 5.74. The number of hydrogen-bond donors (Lipinski definition) is 2. The number of nitrogens with zero attached hydrogens (tertiary/aromatic N) is 2. The third-order valence-electron chi connectivity index (χ3n) is 3.88. The molecule has 5 heteroatoms. The van der Waals surface area contributed by atoms with Gasteiger partial charge < -0.3 is 10.0 Å². The Balaban J connectivity index is 1.71. The van der Waals surface area contributed by atoms with Gasteiger partial charge in [-0.15, -0.1) is 0 Å². The maximum atomic E-state index is 10.5. The summed E-state index contributed by atoms with van der Waals surface area (Å²) in [6.07, 6.45) is 1.69. The van der Waals surface area contributed by atoms with E-state index in [1.807, 2.05) is 37.4 Å². The highest BCUT2D eigenvalue weighted by atomic mass is 35.5. The van der Waals surface area contributed by atoms with E-state index in [0.29, 0.717) is 11.4 Å². The predicted octanol–water partition coefficient (Wildman–Crippen LogP) is 3.78. The normalized spacial score (nSPS) is 12.5. The van der Waals surface area contributed by atoms with Gasteiger partial charge in [0.1, 0.15) is 0 Å². The number of hydrogen-bond acceptors (Lipinski definition) is 3. The van der Waals surface area contributed by atoms with Gasteiger partial charge in [-0.2, -0.15) is 5.10 Å². The molecule has 2 N–H and O–H groups in total. The van der Waals surface area contributed by atoms with Crippen LogP contribution < -0.4 is 4.90 Å². The first-order chi connectivity index (χ1) is 10.7. The molecule has 3 rings (SSSR count). The fourth-order valence-corrected chi connectivity index (χ4v) is 2.88. The molecule has 114 valence electrons. The number of aliphatic hydroxyl groups excluding tert-OH is 1. The van der Waals surface area contributed by atoms with E-state index in [1.165, 1.54) is 0 Å². The van der Waals surface area contributed by atoms with Crippen LogP contribution in [-0.2, 0) is 0 Å². The van der Waals surface area contributed by atoms with Crippen LogP contribution in [0.1, 0.15) is 18.1 Å². The lowest BCUT2D eigenvalue weighted by Crippen LogP contribution is -2.20. The summed E-state index contributed by atoms with van der Waals surface area (Å²) in [7, 11) is 2.02. The highest BCUT2D eigenvalue weighted by Gasteiger charge is 2.15. The van der Waals surface area contributed by atoms with Gasteiger partial charge >= 0.3 is 0 Å². The molecule has 0 fully saturated rings. The lowest BCUT2D eigenvalue weighted by Gasteiger charge is -2.21. The van der Waals surface area contributed by atoms with Crippen molar-refractivity contribution in [2.75, 3.05) is 18.5 Å². The molecule has 0 aliphatic rings. The van der Waals surface area contributed by atoms with Gasteiger partial charge in [-0.3, -0.25) is 5.10 Å². The number of H-pyrrole nitrogens is 1. The number of anilines is 1. The Kier molecular flexibility index (Phi) is 4.32. The van der Waals surface area contributed by atoms with E-state index in [0.717, 1.165) is 28.7 Å². The minimum absolute atomic E-state index is 0.570. The Labute approximate surface area is 134 Å². The third kappa shape index (κ3) is 2.93. The number of halogens is 1. The first kappa shape index (κ1) is 14.9. The lowest BCUT2D eigenvalue weighted by atomic mass is 10.0. The molecule has 3 aromatic rings. The Bertz CT molecular complexity index is 757. The van der Waals surface area contributed by atoms with Gasteiger partial charge in [0, 0.05) is 24.7 Å². The van der Waals surface area contributed by atoms with Gasteiger partial charge in [-0.05, 0) is 30.2 Å². The molecule has 1 atom stereocenters.